The van der Waals surface area contributed by atoms with E-state index in [1.807, 2.05) is 6.07 Å². The van der Waals surface area contributed by atoms with Gasteiger partial charge in [0.15, 0.2) is 0 Å². The Morgan fingerprint density at radius 3 is 2.72 bits per heavy atom. The number of thioether (sulfide) groups is 1. The Hall–Kier alpha value is -2.02. The van der Waals surface area contributed by atoms with Crippen LogP contribution in [0.3, 0.4) is 0 Å². The van der Waals surface area contributed by atoms with Gasteiger partial charge in [-0.3, -0.25) is 4.79 Å². The van der Waals surface area contributed by atoms with E-state index in [4.69, 9.17) is 27.6 Å². The molecule has 1 N–H and O–H groups in total. The van der Waals surface area contributed by atoms with Crippen LogP contribution >= 0.6 is 35.0 Å². The molecule has 1 aromatic heterocycles. The normalized spacial score (nSPS) is 12.0. The molecule has 0 aliphatic heterocycles. The molecule has 5 nitrogen and oxygen atoms in total. The van der Waals surface area contributed by atoms with Crippen molar-refractivity contribution in [2.45, 2.75) is 17.4 Å². The molecule has 128 valence electrons. The van der Waals surface area contributed by atoms with E-state index in [-0.39, 0.29) is 5.91 Å². The third-order valence-electron chi connectivity index (χ3n) is 3.26. The molecule has 1 heterocycles. The maximum Gasteiger partial charge on any atom is 0.277 e. The van der Waals surface area contributed by atoms with Crippen LogP contribution in [0.4, 0.5) is 5.69 Å². The smallest absolute Gasteiger partial charge is 0.277 e. The summed E-state index contributed by atoms with van der Waals surface area (Å²) < 4.78 is 5.60. The van der Waals surface area contributed by atoms with Crippen molar-refractivity contribution in [1.29, 1.82) is 0 Å². The molecule has 0 unspecified atom stereocenters. The predicted octanol–water partition coefficient (Wildman–Crippen LogP) is 5.16. The Labute approximate surface area is 158 Å². The van der Waals surface area contributed by atoms with Crippen LogP contribution in [0.5, 0.6) is 0 Å². The third kappa shape index (κ3) is 4.54. The largest absolute Gasteiger partial charge is 0.411 e. The Kier molecular flexibility index (Phi) is 5.63. The second-order valence-electron chi connectivity index (χ2n) is 5.11. The number of para-hydroxylation sites is 1. The van der Waals surface area contributed by atoms with Crippen LogP contribution in [-0.4, -0.2) is 21.4 Å². The summed E-state index contributed by atoms with van der Waals surface area (Å²) in [6.45, 7) is 1.75. The molecular formula is C17H13Cl2N3O2S. The second-order valence-corrected chi connectivity index (χ2v) is 7.25. The third-order valence-corrected chi connectivity index (χ3v) is 4.76. The lowest BCUT2D eigenvalue weighted by atomic mass is 10.2. The molecule has 0 saturated carbocycles. The van der Waals surface area contributed by atoms with Crippen LogP contribution in [0.25, 0.3) is 11.5 Å². The van der Waals surface area contributed by atoms with E-state index in [2.05, 4.69) is 15.5 Å². The molecule has 1 amide bonds. The first-order chi connectivity index (χ1) is 12.0. The highest BCUT2D eigenvalue weighted by molar-refractivity contribution is 8.00. The number of nitrogens with one attached hydrogen (secondary N) is 1. The summed E-state index contributed by atoms with van der Waals surface area (Å²) >= 11 is 13.2. The van der Waals surface area contributed by atoms with E-state index in [1.54, 1.807) is 49.4 Å². The zero-order valence-corrected chi connectivity index (χ0v) is 15.4. The van der Waals surface area contributed by atoms with E-state index in [0.717, 1.165) is 5.56 Å². The lowest BCUT2D eigenvalue weighted by molar-refractivity contribution is -0.115. The Balaban J connectivity index is 1.66. The number of carbonyl (C=O) groups excluding carboxylic acids is 1. The fourth-order valence-electron chi connectivity index (χ4n) is 2.00. The van der Waals surface area contributed by atoms with Gasteiger partial charge in [0.1, 0.15) is 0 Å². The van der Waals surface area contributed by atoms with E-state index < -0.39 is 5.25 Å². The highest BCUT2D eigenvalue weighted by Crippen LogP contribution is 2.28. The van der Waals surface area contributed by atoms with Gasteiger partial charge >= 0.3 is 0 Å². The number of aromatic nitrogens is 2. The molecule has 0 spiro atoms. The standard InChI is InChI=1S/C17H13Cl2N3O2S/c1-10(15(23)20-14-8-3-2-7-13(14)19)25-17-22-21-16(24-17)11-5-4-6-12(18)9-11/h2-10H,1H3,(H,20,23)/t10-/m0/s1. The molecule has 1 atom stereocenters. The molecule has 2 aromatic carbocycles. The van der Waals surface area contributed by atoms with Gasteiger partial charge in [-0.2, -0.15) is 0 Å². The van der Waals surface area contributed by atoms with Crippen LogP contribution < -0.4 is 5.32 Å². The van der Waals surface area contributed by atoms with Crippen LogP contribution in [-0.2, 0) is 4.79 Å². The summed E-state index contributed by atoms with van der Waals surface area (Å²) in [6, 6.07) is 14.2. The maximum absolute atomic E-state index is 12.3. The van der Waals surface area contributed by atoms with Crippen molar-refractivity contribution in [3.63, 3.8) is 0 Å². The summed E-state index contributed by atoms with van der Waals surface area (Å²) in [5.41, 5.74) is 1.28. The van der Waals surface area contributed by atoms with Gasteiger partial charge in [-0.15, -0.1) is 10.2 Å². The van der Waals surface area contributed by atoms with Crippen molar-refractivity contribution >= 4 is 46.6 Å². The predicted molar refractivity (Wildman–Crippen MR) is 100 cm³/mol. The number of nitrogens with zero attached hydrogens (tertiary/aromatic N) is 2. The van der Waals surface area contributed by atoms with Gasteiger partial charge in [-0.1, -0.05) is 53.2 Å². The van der Waals surface area contributed by atoms with Gasteiger partial charge in [-0.25, -0.2) is 0 Å². The zero-order valence-electron chi connectivity index (χ0n) is 13.1. The molecule has 0 fully saturated rings. The monoisotopic (exact) mass is 393 g/mol. The molecular weight excluding hydrogens is 381 g/mol. The summed E-state index contributed by atoms with van der Waals surface area (Å²) in [5, 5.41) is 11.7. The first kappa shape index (κ1) is 17.8. The van der Waals surface area contributed by atoms with Gasteiger partial charge < -0.3 is 9.73 Å². The summed E-state index contributed by atoms with van der Waals surface area (Å²) in [5.74, 6) is 0.143. The first-order valence-electron chi connectivity index (χ1n) is 7.34. The van der Waals surface area contributed by atoms with Gasteiger partial charge in [0.25, 0.3) is 5.22 Å². The van der Waals surface area contributed by atoms with E-state index in [1.165, 1.54) is 11.8 Å². The molecule has 0 bridgehead atoms. The minimum atomic E-state index is -0.441. The molecule has 3 rings (SSSR count). The maximum atomic E-state index is 12.3. The van der Waals surface area contributed by atoms with Crippen LogP contribution in [0, 0.1) is 0 Å². The van der Waals surface area contributed by atoms with E-state index in [0.29, 0.717) is 26.8 Å². The molecule has 0 saturated heterocycles. The molecule has 0 radical (unpaired) electrons. The van der Waals surface area contributed by atoms with Crippen molar-refractivity contribution in [2.24, 2.45) is 0 Å². The molecule has 0 aliphatic carbocycles. The lowest BCUT2D eigenvalue weighted by Gasteiger charge is -2.10. The average molecular weight is 394 g/mol. The SMILES string of the molecule is C[C@H](Sc1nnc(-c2cccc(Cl)c2)o1)C(=O)Nc1ccccc1Cl. The minimum Gasteiger partial charge on any atom is -0.411 e. The van der Waals surface area contributed by atoms with Crippen molar-refractivity contribution < 1.29 is 9.21 Å². The fraction of sp³-hybridized carbons (Fsp3) is 0.118. The number of hydrogen-bond donors (Lipinski definition) is 1. The van der Waals surface area contributed by atoms with Gasteiger partial charge in [0.2, 0.25) is 11.8 Å². The summed E-state index contributed by atoms with van der Waals surface area (Å²) in [6.07, 6.45) is 0. The van der Waals surface area contributed by atoms with Crippen molar-refractivity contribution in [1.82, 2.24) is 10.2 Å². The number of hydrogen-bond acceptors (Lipinski definition) is 5. The number of anilines is 1. The molecule has 3 aromatic rings. The van der Waals surface area contributed by atoms with E-state index >= 15 is 0 Å². The first-order valence-corrected chi connectivity index (χ1v) is 8.98. The number of amides is 1. The Morgan fingerprint density at radius 2 is 1.96 bits per heavy atom. The fourth-order valence-corrected chi connectivity index (χ4v) is 3.05. The van der Waals surface area contributed by atoms with Crippen LogP contribution in [0.2, 0.25) is 10.0 Å². The molecule has 8 heteroatoms. The number of benzene rings is 2. The van der Waals surface area contributed by atoms with Crippen molar-refractivity contribution in [3.05, 3.63) is 58.6 Å². The van der Waals surface area contributed by atoms with Crippen LogP contribution in [0.1, 0.15) is 6.92 Å². The van der Waals surface area contributed by atoms with E-state index in [9.17, 15) is 4.79 Å². The Morgan fingerprint density at radius 1 is 1.16 bits per heavy atom. The van der Waals surface area contributed by atoms with Gasteiger partial charge in [0, 0.05) is 10.6 Å². The van der Waals surface area contributed by atoms with Crippen molar-refractivity contribution in [2.75, 3.05) is 5.32 Å². The number of rotatable bonds is 5. The quantitative estimate of drug-likeness (QED) is 0.606. The second kappa shape index (κ2) is 7.91. The lowest BCUT2D eigenvalue weighted by Crippen LogP contribution is -2.22. The highest BCUT2D eigenvalue weighted by atomic mass is 35.5. The molecule has 25 heavy (non-hydrogen) atoms. The Bertz CT molecular complexity index is 901. The molecule has 0 aliphatic rings. The zero-order chi connectivity index (χ0) is 17.8. The minimum absolute atomic E-state index is 0.208. The summed E-state index contributed by atoms with van der Waals surface area (Å²) in [4.78, 5) is 12.3. The topological polar surface area (TPSA) is 68.0 Å². The van der Waals surface area contributed by atoms with Crippen LogP contribution in [0.15, 0.2) is 58.2 Å². The summed E-state index contributed by atoms with van der Waals surface area (Å²) in [7, 11) is 0. The average Bonchev–Trinajstić information content (AvgIpc) is 3.05. The van der Waals surface area contributed by atoms with Gasteiger partial charge in [-0.05, 0) is 37.3 Å². The van der Waals surface area contributed by atoms with Crippen molar-refractivity contribution in [3.8, 4) is 11.5 Å². The number of carbonyl (C=O) groups is 1. The highest BCUT2D eigenvalue weighted by Gasteiger charge is 2.19. The van der Waals surface area contributed by atoms with Gasteiger partial charge in [0.05, 0.1) is 16.0 Å². The number of halogens is 2.